The van der Waals surface area contributed by atoms with Crippen molar-refractivity contribution in [1.29, 1.82) is 5.26 Å². The van der Waals surface area contributed by atoms with Crippen LogP contribution in [-0.2, 0) is 0 Å². The molecule has 1 saturated heterocycles. The van der Waals surface area contributed by atoms with Crippen molar-refractivity contribution in [3.05, 3.63) is 42.0 Å². The maximum atomic E-state index is 12.6. The van der Waals surface area contributed by atoms with E-state index in [1.165, 1.54) is 31.0 Å². The van der Waals surface area contributed by atoms with E-state index in [1.807, 2.05) is 47.6 Å². The lowest BCUT2D eigenvalue weighted by atomic mass is 10.0. The van der Waals surface area contributed by atoms with Crippen molar-refractivity contribution in [2.75, 3.05) is 18.6 Å². The third kappa shape index (κ3) is 5.09. The fraction of sp³-hybridized carbons (Fsp3) is 0.409. The normalized spacial score (nSPS) is 17.9. The van der Waals surface area contributed by atoms with Crippen LogP contribution in [-0.4, -0.2) is 33.9 Å². The van der Waals surface area contributed by atoms with E-state index in [9.17, 15) is 10.1 Å². The number of aliphatic imine (C=N–C) groups is 1. The first-order valence-corrected chi connectivity index (χ1v) is 11.9. The number of fused-ring (bicyclic) bond motifs is 1. The van der Waals surface area contributed by atoms with Crippen LogP contribution < -0.4 is 0 Å². The number of hydrogen-bond donors (Lipinski definition) is 0. The maximum Gasteiger partial charge on any atom is 0.287 e. The Bertz CT molecular complexity index is 904. The van der Waals surface area contributed by atoms with Crippen molar-refractivity contribution in [2.45, 2.75) is 38.5 Å². The number of thioether (sulfide) groups is 2. The molecule has 2 aromatic carbocycles. The van der Waals surface area contributed by atoms with Crippen LogP contribution in [0, 0.1) is 11.3 Å². The van der Waals surface area contributed by atoms with E-state index in [0.29, 0.717) is 12.1 Å². The van der Waals surface area contributed by atoms with Gasteiger partial charge in [0.15, 0.2) is 5.17 Å². The molecule has 1 fully saturated rings. The molecule has 1 heterocycles. The van der Waals surface area contributed by atoms with Gasteiger partial charge in [0.05, 0.1) is 17.3 Å². The van der Waals surface area contributed by atoms with Gasteiger partial charge in [0, 0.05) is 23.1 Å². The predicted molar refractivity (Wildman–Crippen MR) is 122 cm³/mol. The molecule has 0 spiro atoms. The number of rotatable bonds is 1. The summed E-state index contributed by atoms with van der Waals surface area (Å²) in [4.78, 5) is 19.4. The first-order valence-electron chi connectivity index (χ1n) is 9.73. The Hall–Kier alpha value is -1.97. The number of amidine groups is 1. The predicted octanol–water partition coefficient (Wildman–Crippen LogP) is 6.57. The van der Waals surface area contributed by atoms with Crippen molar-refractivity contribution in [1.82, 2.24) is 4.90 Å². The van der Waals surface area contributed by atoms with E-state index in [0.717, 1.165) is 46.6 Å². The fourth-order valence-corrected chi connectivity index (χ4v) is 4.85. The number of benzene rings is 2. The number of carbonyl (C=O) groups is 1. The van der Waals surface area contributed by atoms with Crippen molar-refractivity contribution < 1.29 is 4.79 Å². The molecular formula is C22H25N3OS2. The average molecular weight is 412 g/mol. The minimum Gasteiger partial charge on any atom is -0.282 e. The van der Waals surface area contributed by atoms with Gasteiger partial charge in [-0.2, -0.15) is 5.26 Å². The van der Waals surface area contributed by atoms with Gasteiger partial charge in [-0.3, -0.25) is 9.69 Å². The molecule has 0 atom stereocenters. The van der Waals surface area contributed by atoms with Crippen LogP contribution in [0.1, 0.15) is 44.1 Å². The van der Waals surface area contributed by atoms with E-state index in [1.54, 1.807) is 11.8 Å². The molecule has 0 bridgehead atoms. The minimum atomic E-state index is 0.0449. The van der Waals surface area contributed by atoms with Crippen LogP contribution in [0.5, 0.6) is 0 Å². The average Bonchev–Trinajstić information content (AvgIpc) is 2.79. The van der Waals surface area contributed by atoms with Crippen molar-refractivity contribution in [3.63, 3.8) is 0 Å². The molecule has 0 N–H and O–H groups in total. The smallest absolute Gasteiger partial charge is 0.282 e. The van der Waals surface area contributed by atoms with Gasteiger partial charge in [-0.05, 0) is 31.2 Å². The van der Waals surface area contributed by atoms with Crippen LogP contribution in [0.4, 0.5) is 10.5 Å². The molecule has 0 radical (unpaired) electrons. The Labute approximate surface area is 175 Å². The largest absolute Gasteiger partial charge is 0.287 e. The summed E-state index contributed by atoms with van der Waals surface area (Å²) >= 11 is 2.91. The zero-order chi connectivity index (χ0) is 19.8. The van der Waals surface area contributed by atoms with E-state index in [-0.39, 0.29) is 5.24 Å². The molecular weight excluding hydrogens is 386 g/mol. The lowest BCUT2D eigenvalue weighted by Crippen LogP contribution is -2.33. The molecule has 4 nitrogen and oxygen atoms in total. The molecule has 0 unspecified atom stereocenters. The summed E-state index contributed by atoms with van der Waals surface area (Å²) in [5.74, 6) is 0.963. The van der Waals surface area contributed by atoms with Crippen LogP contribution in [0.15, 0.2) is 41.4 Å². The van der Waals surface area contributed by atoms with Crippen LogP contribution >= 0.6 is 23.5 Å². The second-order valence-electron chi connectivity index (χ2n) is 6.78. The van der Waals surface area contributed by atoms with Gasteiger partial charge in [-0.1, -0.05) is 73.5 Å². The molecule has 2 aromatic rings. The molecule has 1 aliphatic rings. The van der Waals surface area contributed by atoms with Crippen LogP contribution in [0.2, 0.25) is 0 Å². The van der Waals surface area contributed by atoms with Gasteiger partial charge in [-0.15, -0.1) is 0 Å². The zero-order valence-corrected chi connectivity index (χ0v) is 17.8. The highest BCUT2D eigenvalue weighted by atomic mass is 32.2. The molecule has 1 aliphatic heterocycles. The standard InChI is InChI=1S/C22H25N3OS2/c1-27-22(26)25-14-8-4-2-3-5-9-15-28-21(25)24-20-13-12-17(16-23)18-10-6-7-11-19(18)20/h6-7,10-13H,2-5,8-9,14-15H2,1H3. The molecule has 3 rings (SSSR count). The zero-order valence-electron chi connectivity index (χ0n) is 16.2. The minimum absolute atomic E-state index is 0.0449. The van der Waals surface area contributed by atoms with E-state index < -0.39 is 0 Å². The molecule has 0 aliphatic carbocycles. The molecule has 0 saturated carbocycles. The summed E-state index contributed by atoms with van der Waals surface area (Å²) in [6, 6.07) is 13.8. The third-order valence-electron chi connectivity index (χ3n) is 4.87. The first-order chi connectivity index (χ1) is 13.7. The monoisotopic (exact) mass is 411 g/mol. The molecule has 146 valence electrons. The number of nitrogens with zero attached hydrogens (tertiary/aromatic N) is 3. The van der Waals surface area contributed by atoms with Crippen LogP contribution in [0.25, 0.3) is 10.8 Å². The Kier molecular flexibility index (Phi) is 7.81. The quantitative estimate of drug-likeness (QED) is 0.532. The second-order valence-corrected chi connectivity index (χ2v) is 8.60. The number of hydrogen-bond acceptors (Lipinski definition) is 5. The summed E-state index contributed by atoms with van der Waals surface area (Å²) in [5, 5.41) is 12.1. The van der Waals surface area contributed by atoms with Gasteiger partial charge >= 0.3 is 0 Å². The summed E-state index contributed by atoms with van der Waals surface area (Å²) in [7, 11) is 0. The summed E-state index contributed by atoms with van der Waals surface area (Å²) in [6.07, 6.45) is 8.85. The molecule has 1 amide bonds. The van der Waals surface area contributed by atoms with E-state index in [4.69, 9.17) is 4.99 Å². The SMILES string of the molecule is CSC(=O)N1CCCCCCCCSC1=Nc1ccc(C#N)c2ccccc12. The maximum absolute atomic E-state index is 12.6. The summed E-state index contributed by atoms with van der Waals surface area (Å²) < 4.78 is 0. The Morgan fingerprint density at radius 1 is 1.07 bits per heavy atom. The van der Waals surface area contributed by atoms with Crippen molar-refractivity contribution in [3.8, 4) is 6.07 Å². The number of nitriles is 1. The molecule has 6 heteroatoms. The Balaban J connectivity index is 2.04. The number of amides is 1. The van der Waals surface area contributed by atoms with Crippen LogP contribution in [0.3, 0.4) is 0 Å². The lowest BCUT2D eigenvalue weighted by molar-refractivity contribution is 0.244. The highest BCUT2D eigenvalue weighted by Crippen LogP contribution is 2.31. The van der Waals surface area contributed by atoms with E-state index >= 15 is 0 Å². The highest BCUT2D eigenvalue weighted by molar-refractivity contribution is 8.15. The van der Waals surface area contributed by atoms with Gasteiger partial charge in [-0.25, -0.2) is 4.99 Å². The van der Waals surface area contributed by atoms with Gasteiger partial charge in [0.25, 0.3) is 5.24 Å². The molecule has 0 aromatic heterocycles. The van der Waals surface area contributed by atoms with Crippen molar-refractivity contribution >= 4 is 50.4 Å². The Morgan fingerprint density at radius 3 is 2.54 bits per heavy atom. The van der Waals surface area contributed by atoms with Gasteiger partial charge in [0.2, 0.25) is 0 Å². The van der Waals surface area contributed by atoms with E-state index in [2.05, 4.69) is 6.07 Å². The Morgan fingerprint density at radius 2 is 1.79 bits per heavy atom. The van der Waals surface area contributed by atoms with Crippen molar-refractivity contribution in [2.24, 2.45) is 4.99 Å². The van der Waals surface area contributed by atoms with Gasteiger partial charge in [0.1, 0.15) is 0 Å². The first kappa shape index (κ1) is 20.8. The number of carbonyl (C=O) groups excluding carboxylic acids is 1. The second kappa shape index (κ2) is 10.5. The summed E-state index contributed by atoms with van der Waals surface area (Å²) in [5.41, 5.74) is 1.46. The topological polar surface area (TPSA) is 56.5 Å². The third-order valence-corrected chi connectivity index (χ3v) is 6.50. The summed E-state index contributed by atoms with van der Waals surface area (Å²) in [6.45, 7) is 0.708. The lowest BCUT2D eigenvalue weighted by Gasteiger charge is -2.23. The van der Waals surface area contributed by atoms with Gasteiger partial charge < -0.3 is 0 Å². The molecule has 28 heavy (non-hydrogen) atoms. The fourth-order valence-electron chi connectivity index (χ4n) is 3.37. The highest BCUT2D eigenvalue weighted by Gasteiger charge is 2.20.